The second kappa shape index (κ2) is 7.41. The third kappa shape index (κ3) is 4.43. The Bertz CT molecular complexity index is 502. The molecule has 1 saturated carbocycles. The minimum Gasteiger partial charge on any atom is -0.465 e. The molecule has 0 amide bonds. The summed E-state index contributed by atoms with van der Waals surface area (Å²) < 4.78 is 4.67. The van der Waals surface area contributed by atoms with Crippen molar-refractivity contribution in [1.29, 1.82) is 0 Å². The van der Waals surface area contributed by atoms with Gasteiger partial charge in [0.15, 0.2) is 5.11 Å². The van der Waals surface area contributed by atoms with Gasteiger partial charge < -0.3 is 15.4 Å². The molecule has 2 atom stereocenters. The van der Waals surface area contributed by atoms with Gasteiger partial charge in [0, 0.05) is 11.7 Å². The van der Waals surface area contributed by atoms with Crippen LogP contribution in [0, 0.1) is 5.92 Å². The lowest BCUT2D eigenvalue weighted by Gasteiger charge is -2.30. The lowest BCUT2D eigenvalue weighted by molar-refractivity contribution is 0.0601. The number of hydrogen-bond acceptors (Lipinski definition) is 3. The van der Waals surface area contributed by atoms with Gasteiger partial charge in [-0.3, -0.25) is 0 Å². The average Bonchev–Trinajstić information content (AvgIpc) is 2.49. The maximum Gasteiger partial charge on any atom is 0.337 e. The zero-order valence-electron chi connectivity index (χ0n) is 12.5. The van der Waals surface area contributed by atoms with Gasteiger partial charge in [-0.25, -0.2) is 4.79 Å². The van der Waals surface area contributed by atoms with E-state index in [1.54, 1.807) is 12.1 Å². The van der Waals surface area contributed by atoms with Crippen LogP contribution in [0.25, 0.3) is 0 Å². The maximum absolute atomic E-state index is 11.4. The number of rotatable bonds is 3. The first-order valence-electron chi connectivity index (χ1n) is 7.36. The number of ether oxygens (including phenoxy) is 1. The smallest absolute Gasteiger partial charge is 0.337 e. The summed E-state index contributed by atoms with van der Waals surface area (Å²) >= 11 is 5.36. The number of methoxy groups -OCH3 is 1. The molecule has 0 unspecified atom stereocenters. The van der Waals surface area contributed by atoms with E-state index in [4.69, 9.17) is 12.2 Å². The number of carbonyl (C=O) groups excluding carboxylic acids is 1. The molecule has 0 bridgehead atoms. The van der Waals surface area contributed by atoms with Crippen molar-refractivity contribution in [1.82, 2.24) is 5.32 Å². The third-order valence-electron chi connectivity index (χ3n) is 3.99. The summed E-state index contributed by atoms with van der Waals surface area (Å²) in [5.74, 6) is 0.318. The molecule has 1 aromatic carbocycles. The highest BCUT2D eigenvalue weighted by molar-refractivity contribution is 7.80. The maximum atomic E-state index is 11.4. The quantitative estimate of drug-likeness (QED) is 0.662. The minimum absolute atomic E-state index is 0.335. The molecule has 0 spiro atoms. The normalized spacial score (nSPS) is 21.4. The fraction of sp³-hybridized carbons (Fsp3) is 0.500. The summed E-state index contributed by atoms with van der Waals surface area (Å²) in [5.41, 5.74) is 1.39. The largest absolute Gasteiger partial charge is 0.465 e. The summed E-state index contributed by atoms with van der Waals surface area (Å²) in [6.07, 6.45) is 5.01. The summed E-state index contributed by atoms with van der Waals surface area (Å²) in [6, 6.07) is 7.54. The molecule has 2 N–H and O–H groups in total. The summed E-state index contributed by atoms with van der Waals surface area (Å²) in [4.78, 5) is 11.4. The van der Waals surface area contributed by atoms with Crippen LogP contribution >= 0.6 is 12.2 Å². The SMILES string of the molecule is COC(=O)c1ccc(NC(=S)N[C@@H]2CCCC[C@@H]2C)cc1. The Morgan fingerprint density at radius 1 is 1.24 bits per heavy atom. The average molecular weight is 306 g/mol. The zero-order chi connectivity index (χ0) is 15.2. The van der Waals surface area contributed by atoms with E-state index in [1.165, 1.54) is 32.8 Å². The van der Waals surface area contributed by atoms with Gasteiger partial charge in [0.05, 0.1) is 12.7 Å². The standard InChI is InChI=1S/C16H22N2O2S/c1-11-5-3-4-6-14(11)18-16(21)17-13-9-7-12(8-10-13)15(19)20-2/h7-11,14H,3-6H2,1-2H3,(H2,17,18,21)/t11-,14+/m0/s1. The Morgan fingerprint density at radius 3 is 2.52 bits per heavy atom. The van der Waals surface area contributed by atoms with Crippen LogP contribution in [0.4, 0.5) is 5.69 Å². The number of anilines is 1. The fourth-order valence-electron chi connectivity index (χ4n) is 2.67. The number of nitrogens with one attached hydrogen (secondary N) is 2. The molecule has 0 saturated heterocycles. The molecule has 21 heavy (non-hydrogen) atoms. The number of carbonyl (C=O) groups is 1. The summed E-state index contributed by atoms with van der Waals surface area (Å²) in [7, 11) is 1.37. The number of benzene rings is 1. The molecule has 1 fully saturated rings. The molecular formula is C16H22N2O2S. The van der Waals surface area contributed by atoms with Crippen molar-refractivity contribution in [2.24, 2.45) is 5.92 Å². The number of hydrogen-bond donors (Lipinski definition) is 2. The van der Waals surface area contributed by atoms with Gasteiger partial charge in [0.25, 0.3) is 0 Å². The van der Waals surface area contributed by atoms with Gasteiger partial charge >= 0.3 is 5.97 Å². The molecule has 2 rings (SSSR count). The molecule has 1 aliphatic carbocycles. The van der Waals surface area contributed by atoms with Crippen molar-refractivity contribution in [3.63, 3.8) is 0 Å². The fourth-order valence-corrected chi connectivity index (χ4v) is 2.94. The molecule has 1 aliphatic rings. The first-order valence-corrected chi connectivity index (χ1v) is 7.77. The van der Waals surface area contributed by atoms with E-state index in [2.05, 4.69) is 22.3 Å². The molecule has 1 aromatic rings. The topological polar surface area (TPSA) is 50.4 Å². The van der Waals surface area contributed by atoms with Crippen molar-refractivity contribution in [3.8, 4) is 0 Å². The molecule has 114 valence electrons. The van der Waals surface area contributed by atoms with Gasteiger partial charge in [0.2, 0.25) is 0 Å². The van der Waals surface area contributed by atoms with E-state index < -0.39 is 0 Å². The van der Waals surface area contributed by atoms with Gasteiger partial charge in [-0.2, -0.15) is 0 Å². The predicted molar refractivity (Wildman–Crippen MR) is 88.6 cm³/mol. The Labute approximate surface area is 131 Å². The number of esters is 1. The van der Waals surface area contributed by atoms with Crippen LogP contribution in [0.5, 0.6) is 0 Å². The van der Waals surface area contributed by atoms with E-state index in [9.17, 15) is 4.79 Å². The van der Waals surface area contributed by atoms with Crippen LogP contribution in [-0.2, 0) is 4.74 Å². The first-order chi connectivity index (χ1) is 10.1. The molecule has 0 aromatic heterocycles. The van der Waals surface area contributed by atoms with Crippen LogP contribution in [0.1, 0.15) is 43.0 Å². The summed E-state index contributed by atoms with van der Waals surface area (Å²) in [5, 5.41) is 7.19. The van der Waals surface area contributed by atoms with Gasteiger partial charge in [-0.05, 0) is 55.2 Å². The monoisotopic (exact) mass is 306 g/mol. The highest BCUT2D eigenvalue weighted by Gasteiger charge is 2.21. The van der Waals surface area contributed by atoms with Gasteiger partial charge in [-0.15, -0.1) is 0 Å². The lowest BCUT2D eigenvalue weighted by Crippen LogP contribution is -2.43. The highest BCUT2D eigenvalue weighted by Crippen LogP contribution is 2.23. The van der Waals surface area contributed by atoms with Gasteiger partial charge in [0.1, 0.15) is 0 Å². The molecule has 0 radical (unpaired) electrons. The van der Waals surface area contributed by atoms with Crippen molar-refractivity contribution < 1.29 is 9.53 Å². The molecule has 0 aliphatic heterocycles. The van der Waals surface area contributed by atoms with Crippen molar-refractivity contribution >= 4 is 29.0 Å². The van der Waals surface area contributed by atoms with Crippen LogP contribution in [0.3, 0.4) is 0 Å². The molecule has 0 heterocycles. The van der Waals surface area contributed by atoms with Gasteiger partial charge in [-0.1, -0.05) is 19.8 Å². The Morgan fingerprint density at radius 2 is 1.90 bits per heavy atom. The summed E-state index contributed by atoms with van der Waals surface area (Å²) in [6.45, 7) is 2.27. The second-order valence-electron chi connectivity index (χ2n) is 5.54. The third-order valence-corrected chi connectivity index (χ3v) is 4.21. The van der Waals surface area contributed by atoms with Crippen LogP contribution in [0.2, 0.25) is 0 Å². The minimum atomic E-state index is -0.335. The van der Waals surface area contributed by atoms with E-state index >= 15 is 0 Å². The van der Waals surface area contributed by atoms with Crippen LogP contribution < -0.4 is 10.6 Å². The molecular weight excluding hydrogens is 284 g/mol. The zero-order valence-corrected chi connectivity index (χ0v) is 13.3. The van der Waals surface area contributed by atoms with Crippen molar-refractivity contribution in [2.75, 3.05) is 12.4 Å². The van der Waals surface area contributed by atoms with E-state index in [0.29, 0.717) is 22.6 Å². The van der Waals surface area contributed by atoms with E-state index in [-0.39, 0.29) is 5.97 Å². The Hall–Kier alpha value is -1.62. The molecule has 5 heteroatoms. The van der Waals surface area contributed by atoms with Crippen molar-refractivity contribution in [2.45, 2.75) is 38.6 Å². The van der Waals surface area contributed by atoms with E-state index in [0.717, 1.165) is 5.69 Å². The van der Waals surface area contributed by atoms with Crippen molar-refractivity contribution in [3.05, 3.63) is 29.8 Å². The first kappa shape index (κ1) is 15.8. The highest BCUT2D eigenvalue weighted by atomic mass is 32.1. The van der Waals surface area contributed by atoms with Crippen LogP contribution in [0.15, 0.2) is 24.3 Å². The predicted octanol–water partition coefficient (Wildman–Crippen LogP) is 3.34. The number of thiocarbonyl (C=S) groups is 1. The lowest BCUT2D eigenvalue weighted by atomic mass is 9.86. The van der Waals surface area contributed by atoms with Crippen LogP contribution in [-0.4, -0.2) is 24.2 Å². The Kier molecular flexibility index (Phi) is 5.56. The molecule has 4 nitrogen and oxygen atoms in total. The Balaban J connectivity index is 1.88. The second-order valence-corrected chi connectivity index (χ2v) is 5.94. The van der Waals surface area contributed by atoms with E-state index in [1.807, 2.05) is 12.1 Å².